The molecule has 0 fully saturated rings. The van der Waals surface area contributed by atoms with Crippen LogP contribution in [0, 0.1) is 0 Å². The van der Waals surface area contributed by atoms with E-state index in [1.54, 1.807) is 74.2 Å². The van der Waals surface area contributed by atoms with Crippen LogP contribution in [0.15, 0.2) is 48.5 Å². The summed E-state index contributed by atoms with van der Waals surface area (Å²) in [5.74, 6) is -1.10. The first-order chi connectivity index (χ1) is 14.5. The lowest BCUT2D eigenvalue weighted by Gasteiger charge is -2.49. The number of aliphatic hydroxyl groups is 1. The number of hydrogen-bond donors (Lipinski definition) is 2. The number of hydrogen-bond acceptors (Lipinski definition) is 3. The van der Waals surface area contributed by atoms with Gasteiger partial charge in [-0.15, -0.1) is 0 Å². The van der Waals surface area contributed by atoms with E-state index in [1.807, 2.05) is 5.32 Å². The van der Waals surface area contributed by atoms with Gasteiger partial charge in [-0.25, -0.2) is 0 Å². The minimum Gasteiger partial charge on any atom is -0.392 e. The number of benzene rings is 2. The van der Waals surface area contributed by atoms with E-state index in [4.69, 9.17) is 0 Å². The van der Waals surface area contributed by atoms with E-state index in [0.29, 0.717) is 22.3 Å². The molecule has 2 amide bonds. The summed E-state index contributed by atoms with van der Waals surface area (Å²) in [6.07, 6.45) is -4.56. The van der Waals surface area contributed by atoms with Gasteiger partial charge in [0.05, 0.1) is 18.1 Å². The van der Waals surface area contributed by atoms with Crippen LogP contribution in [0.2, 0.25) is 0 Å². The average Bonchev–Trinajstić information content (AvgIpc) is 2.73. The smallest absolute Gasteiger partial charge is 0.392 e. The number of carbonyl (C=O) groups excluding carboxylic acids is 2. The topological polar surface area (TPSA) is 69.6 Å². The van der Waals surface area contributed by atoms with Crippen LogP contribution in [-0.4, -0.2) is 40.6 Å². The maximum absolute atomic E-state index is 13.4. The van der Waals surface area contributed by atoms with Crippen molar-refractivity contribution in [2.24, 2.45) is 0 Å². The van der Waals surface area contributed by atoms with Crippen LogP contribution in [0.1, 0.15) is 53.9 Å². The summed E-state index contributed by atoms with van der Waals surface area (Å²) in [5, 5.41) is 11.4. The predicted octanol–water partition coefficient (Wildman–Crippen LogP) is 3.72. The fraction of sp³-hybridized carbons (Fsp3) is 0.391. The molecule has 1 aliphatic rings. The van der Waals surface area contributed by atoms with Crippen molar-refractivity contribution in [3.05, 3.63) is 70.8 Å². The Kier molecular flexibility index (Phi) is 6.14. The highest BCUT2D eigenvalue weighted by Crippen LogP contribution is 2.48. The molecule has 0 saturated heterocycles. The molecule has 2 aromatic rings. The van der Waals surface area contributed by atoms with Gasteiger partial charge in [-0.2, -0.15) is 13.2 Å². The summed E-state index contributed by atoms with van der Waals surface area (Å²) < 4.78 is 38.6. The number of rotatable bonds is 5. The summed E-state index contributed by atoms with van der Waals surface area (Å²) >= 11 is 0. The van der Waals surface area contributed by atoms with Crippen molar-refractivity contribution >= 4 is 11.8 Å². The molecule has 8 heteroatoms. The van der Waals surface area contributed by atoms with Crippen molar-refractivity contribution in [1.29, 1.82) is 0 Å². The van der Waals surface area contributed by atoms with Crippen LogP contribution in [-0.2, 0) is 16.8 Å². The molecule has 0 aliphatic carbocycles. The minimum atomic E-state index is -4.56. The third-order valence-corrected chi connectivity index (χ3v) is 5.73. The average molecular weight is 434 g/mol. The summed E-state index contributed by atoms with van der Waals surface area (Å²) in [6, 6.07) is 12.1. The monoisotopic (exact) mass is 434 g/mol. The molecule has 31 heavy (non-hydrogen) atoms. The van der Waals surface area contributed by atoms with Crippen LogP contribution in [0.3, 0.4) is 0 Å². The second kappa shape index (κ2) is 8.34. The first-order valence-electron chi connectivity index (χ1n) is 9.97. The molecular weight excluding hydrogens is 409 g/mol. The Balaban J connectivity index is 2.22. The molecule has 0 radical (unpaired) electrons. The van der Waals surface area contributed by atoms with Gasteiger partial charge in [-0.05, 0) is 43.5 Å². The first kappa shape index (κ1) is 22.8. The third kappa shape index (κ3) is 4.17. The number of aliphatic hydroxyl groups excluding tert-OH is 1. The predicted molar refractivity (Wildman–Crippen MR) is 109 cm³/mol. The van der Waals surface area contributed by atoms with Gasteiger partial charge in [0.15, 0.2) is 0 Å². The number of alkyl halides is 3. The van der Waals surface area contributed by atoms with E-state index >= 15 is 0 Å². The van der Waals surface area contributed by atoms with Gasteiger partial charge in [0.25, 0.3) is 5.91 Å². The highest BCUT2D eigenvalue weighted by atomic mass is 19.4. The van der Waals surface area contributed by atoms with Crippen molar-refractivity contribution in [3.63, 3.8) is 0 Å². The first-order valence-corrected chi connectivity index (χ1v) is 9.97. The Morgan fingerprint density at radius 2 is 1.77 bits per heavy atom. The second-order valence-electron chi connectivity index (χ2n) is 8.15. The van der Waals surface area contributed by atoms with Crippen molar-refractivity contribution in [3.8, 4) is 0 Å². The van der Waals surface area contributed by atoms with Gasteiger partial charge in [-0.1, -0.05) is 42.5 Å². The van der Waals surface area contributed by atoms with Crippen molar-refractivity contribution in [2.45, 2.75) is 51.1 Å². The van der Waals surface area contributed by atoms with Gasteiger partial charge < -0.3 is 15.3 Å². The number of carbonyl (C=O) groups is 2. The van der Waals surface area contributed by atoms with Gasteiger partial charge in [0.1, 0.15) is 6.54 Å². The summed E-state index contributed by atoms with van der Waals surface area (Å²) in [5.41, 5.74) is 0.446. The maximum Gasteiger partial charge on any atom is 0.405 e. The normalized spacial score (nSPS) is 21.2. The van der Waals surface area contributed by atoms with Crippen molar-refractivity contribution in [2.75, 3.05) is 6.54 Å². The van der Waals surface area contributed by atoms with E-state index in [1.165, 1.54) is 0 Å². The van der Waals surface area contributed by atoms with Crippen LogP contribution in [0.5, 0.6) is 0 Å². The SMILES string of the molecule is CC(C)N1C(=O)c2ccccc2[C@](C)(C(=O)NCC(F)(F)F)[C@@H]1c1ccc(CO)cc1. The number of halogens is 3. The Bertz CT molecular complexity index is 973. The minimum absolute atomic E-state index is 0.177. The molecule has 2 N–H and O–H groups in total. The van der Waals surface area contributed by atoms with Crippen molar-refractivity contribution in [1.82, 2.24) is 10.2 Å². The van der Waals surface area contributed by atoms with E-state index in [-0.39, 0.29) is 18.6 Å². The van der Waals surface area contributed by atoms with Gasteiger partial charge >= 0.3 is 6.18 Å². The zero-order valence-corrected chi connectivity index (χ0v) is 17.5. The lowest BCUT2D eigenvalue weighted by atomic mass is 9.67. The Morgan fingerprint density at radius 3 is 2.32 bits per heavy atom. The Hall–Kier alpha value is -2.87. The highest BCUT2D eigenvalue weighted by Gasteiger charge is 2.54. The number of fused-ring (bicyclic) bond motifs is 1. The second-order valence-corrected chi connectivity index (χ2v) is 8.15. The standard InChI is InChI=1S/C23H25F3N2O3/c1-14(2)28-19(16-10-8-15(12-29)9-11-16)22(3,21(31)27-13-23(24,25)26)18-7-5-4-6-17(18)20(28)30/h4-11,14,19,29H,12-13H2,1-3H3,(H,27,31)/t19-,22-/m0/s1. The quantitative estimate of drug-likeness (QED) is 0.754. The van der Waals surface area contributed by atoms with Gasteiger partial charge in [-0.3, -0.25) is 9.59 Å². The molecule has 0 aromatic heterocycles. The van der Waals surface area contributed by atoms with Crippen LogP contribution < -0.4 is 5.32 Å². The van der Waals surface area contributed by atoms with E-state index in [9.17, 15) is 27.9 Å². The Morgan fingerprint density at radius 1 is 1.16 bits per heavy atom. The number of nitrogens with zero attached hydrogens (tertiary/aromatic N) is 1. The Labute approximate surface area is 178 Å². The molecule has 1 aliphatic heterocycles. The molecule has 166 valence electrons. The zero-order chi connectivity index (χ0) is 23.0. The fourth-order valence-electron chi connectivity index (χ4n) is 4.25. The molecule has 1 heterocycles. The van der Waals surface area contributed by atoms with Crippen LogP contribution in [0.25, 0.3) is 0 Å². The van der Waals surface area contributed by atoms with E-state index < -0.39 is 30.1 Å². The number of amides is 2. The maximum atomic E-state index is 13.4. The van der Waals surface area contributed by atoms with E-state index in [2.05, 4.69) is 0 Å². The zero-order valence-electron chi connectivity index (χ0n) is 17.5. The van der Waals surface area contributed by atoms with Crippen molar-refractivity contribution < 1.29 is 27.9 Å². The highest BCUT2D eigenvalue weighted by molar-refractivity contribution is 6.03. The van der Waals surface area contributed by atoms with Gasteiger partial charge in [0, 0.05) is 11.6 Å². The molecule has 0 unspecified atom stereocenters. The van der Waals surface area contributed by atoms with Gasteiger partial charge in [0.2, 0.25) is 5.91 Å². The largest absolute Gasteiger partial charge is 0.405 e. The molecule has 2 aromatic carbocycles. The molecule has 3 rings (SSSR count). The van der Waals surface area contributed by atoms with E-state index in [0.717, 1.165) is 0 Å². The van der Waals surface area contributed by atoms with Crippen LogP contribution >= 0.6 is 0 Å². The molecule has 0 saturated carbocycles. The lowest BCUT2D eigenvalue weighted by molar-refractivity contribution is -0.143. The molecular formula is C23H25F3N2O3. The lowest BCUT2D eigenvalue weighted by Crippen LogP contribution is -2.59. The molecule has 5 nitrogen and oxygen atoms in total. The molecule has 2 atom stereocenters. The molecule has 0 spiro atoms. The summed E-state index contributed by atoms with van der Waals surface area (Å²) in [6.45, 7) is 3.53. The van der Waals surface area contributed by atoms with Crippen LogP contribution in [0.4, 0.5) is 13.2 Å². The number of nitrogens with one attached hydrogen (secondary N) is 1. The third-order valence-electron chi connectivity index (χ3n) is 5.73. The molecule has 0 bridgehead atoms. The summed E-state index contributed by atoms with van der Waals surface area (Å²) in [7, 11) is 0. The fourth-order valence-corrected chi connectivity index (χ4v) is 4.25. The summed E-state index contributed by atoms with van der Waals surface area (Å²) in [4.78, 5) is 28.2.